The molecule has 0 bridgehead atoms. The van der Waals surface area contributed by atoms with E-state index in [9.17, 15) is 14.7 Å². The molecule has 0 saturated carbocycles. The highest BCUT2D eigenvalue weighted by Gasteiger charge is 2.37. The van der Waals surface area contributed by atoms with Crippen molar-refractivity contribution in [1.82, 2.24) is 14.9 Å². The topological polar surface area (TPSA) is 98.3 Å². The zero-order valence-corrected chi connectivity index (χ0v) is 21.0. The molecule has 4 rings (SSSR count). The number of aromatic amines is 1. The SMILES string of the molecule is CC(C)CN1CCC[C@H](C(=O)O)C1Nc1nc2c(I)c[nH]c(=O)c2c2cc(Br)ccc12. The fraction of sp³-hybridized carbons (Fsp3) is 0.409. The molecule has 2 aromatic heterocycles. The number of pyridine rings is 2. The lowest BCUT2D eigenvalue weighted by molar-refractivity contribution is -0.145. The summed E-state index contributed by atoms with van der Waals surface area (Å²) in [5.74, 6) is -0.322. The van der Waals surface area contributed by atoms with Crippen LogP contribution in [0.25, 0.3) is 21.7 Å². The van der Waals surface area contributed by atoms with Gasteiger partial charge in [0.1, 0.15) is 5.82 Å². The molecular formula is C22H24BrIN4O3. The molecule has 1 unspecified atom stereocenters. The summed E-state index contributed by atoms with van der Waals surface area (Å²) in [6, 6.07) is 5.74. The maximum Gasteiger partial charge on any atom is 0.309 e. The molecular weight excluding hydrogens is 575 g/mol. The van der Waals surface area contributed by atoms with Crippen LogP contribution in [0.1, 0.15) is 26.7 Å². The number of hydrogen-bond donors (Lipinski definition) is 3. The Morgan fingerprint density at radius 3 is 2.90 bits per heavy atom. The number of halogens is 2. The molecule has 1 aliphatic heterocycles. The zero-order valence-electron chi connectivity index (χ0n) is 17.3. The van der Waals surface area contributed by atoms with E-state index in [1.807, 2.05) is 18.2 Å². The number of rotatable bonds is 5. The van der Waals surface area contributed by atoms with Crippen molar-refractivity contribution in [3.05, 3.63) is 42.8 Å². The fourth-order valence-electron chi connectivity index (χ4n) is 4.40. The van der Waals surface area contributed by atoms with Crippen molar-refractivity contribution in [1.29, 1.82) is 0 Å². The molecule has 3 heterocycles. The molecule has 0 radical (unpaired) electrons. The number of nitrogens with zero attached hydrogens (tertiary/aromatic N) is 2. The lowest BCUT2D eigenvalue weighted by atomic mass is 9.93. The molecule has 9 heteroatoms. The Kier molecular flexibility index (Phi) is 6.55. The van der Waals surface area contributed by atoms with E-state index in [-0.39, 0.29) is 11.7 Å². The van der Waals surface area contributed by atoms with Crippen LogP contribution >= 0.6 is 38.5 Å². The number of aliphatic carboxylic acids is 1. The van der Waals surface area contributed by atoms with Gasteiger partial charge in [0, 0.05) is 34.5 Å². The Labute approximate surface area is 201 Å². The monoisotopic (exact) mass is 598 g/mol. The van der Waals surface area contributed by atoms with E-state index < -0.39 is 11.9 Å². The van der Waals surface area contributed by atoms with Crippen molar-refractivity contribution in [3.63, 3.8) is 0 Å². The van der Waals surface area contributed by atoms with E-state index in [0.29, 0.717) is 29.1 Å². The number of carboxylic acids is 1. The summed E-state index contributed by atoms with van der Waals surface area (Å²) in [6.45, 7) is 5.91. The number of carbonyl (C=O) groups is 1. The van der Waals surface area contributed by atoms with Gasteiger partial charge in [0.2, 0.25) is 0 Å². The van der Waals surface area contributed by atoms with Crippen LogP contribution in [0.2, 0.25) is 0 Å². The first kappa shape index (κ1) is 22.5. The van der Waals surface area contributed by atoms with Gasteiger partial charge < -0.3 is 15.4 Å². The summed E-state index contributed by atoms with van der Waals surface area (Å²) in [4.78, 5) is 34.5. The highest BCUT2D eigenvalue weighted by molar-refractivity contribution is 14.1. The Bertz CT molecular complexity index is 1210. The number of anilines is 1. The summed E-state index contributed by atoms with van der Waals surface area (Å²) < 4.78 is 1.69. The first-order chi connectivity index (χ1) is 14.8. The highest BCUT2D eigenvalue weighted by atomic mass is 127. The third-order valence-corrected chi connectivity index (χ3v) is 7.00. The van der Waals surface area contributed by atoms with Crippen LogP contribution in [0, 0.1) is 15.4 Å². The Balaban J connectivity index is 1.90. The zero-order chi connectivity index (χ0) is 22.3. The average Bonchev–Trinajstić information content (AvgIpc) is 2.71. The molecule has 0 aliphatic carbocycles. The summed E-state index contributed by atoms with van der Waals surface area (Å²) in [5, 5.41) is 15.5. The van der Waals surface area contributed by atoms with Gasteiger partial charge in [0.25, 0.3) is 5.56 Å². The second-order valence-electron chi connectivity index (χ2n) is 8.40. The van der Waals surface area contributed by atoms with Gasteiger partial charge in [-0.2, -0.15) is 0 Å². The molecule has 1 saturated heterocycles. The lowest BCUT2D eigenvalue weighted by Crippen LogP contribution is -2.53. The first-order valence-electron chi connectivity index (χ1n) is 10.3. The maximum absolute atomic E-state index is 12.7. The smallest absolute Gasteiger partial charge is 0.309 e. The van der Waals surface area contributed by atoms with Gasteiger partial charge in [0.15, 0.2) is 0 Å². The van der Waals surface area contributed by atoms with E-state index in [1.54, 1.807) is 6.20 Å². The standard InChI is InChI=1S/C22H24BrIN4O3/c1-11(2)10-28-7-3-4-14(22(30)31)20(28)27-19-13-6-5-12(23)8-15(13)17-18(26-19)16(24)9-25-21(17)29/h5-6,8-9,11,14,20H,3-4,7,10H2,1-2H3,(H,25,29)(H,26,27)(H,30,31)/t14-,20?/m0/s1. The molecule has 1 aliphatic rings. The van der Waals surface area contributed by atoms with Gasteiger partial charge in [-0.1, -0.05) is 29.8 Å². The van der Waals surface area contributed by atoms with Crippen molar-refractivity contribution >= 4 is 72.0 Å². The molecule has 1 fully saturated rings. The van der Waals surface area contributed by atoms with E-state index in [2.05, 4.69) is 67.6 Å². The second kappa shape index (κ2) is 9.03. The van der Waals surface area contributed by atoms with Crippen LogP contribution in [0.4, 0.5) is 5.82 Å². The number of piperidine rings is 1. The number of carboxylic acid groups (broad SMARTS) is 1. The largest absolute Gasteiger partial charge is 0.481 e. The van der Waals surface area contributed by atoms with Crippen LogP contribution in [-0.2, 0) is 4.79 Å². The third kappa shape index (κ3) is 4.45. The van der Waals surface area contributed by atoms with Crippen molar-refractivity contribution in [2.45, 2.75) is 32.9 Å². The minimum absolute atomic E-state index is 0.194. The number of likely N-dealkylation sites (tertiary alicyclic amines) is 1. The number of H-pyrrole nitrogens is 1. The minimum atomic E-state index is -0.801. The summed E-state index contributed by atoms with van der Waals surface area (Å²) in [6.07, 6.45) is 2.76. The predicted octanol–water partition coefficient (Wildman–Crippen LogP) is 4.63. The van der Waals surface area contributed by atoms with Gasteiger partial charge in [0.05, 0.1) is 26.6 Å². The van der Waals surface area contributed by atoms with Crippen molar-refractivity contribution < 1.29 is 9.90 Å². The Morgan fingerprint density at radius 1 is 1.42 bits per heavy atom. The van der Waals surface area contributed by atoms with Crippen LogP contribution < -0.4 is 10.9 Å². The number of aromatic nitrogens is 2. The number of fused-ring (bicyclic) bond motifs is 3. The normalized spacial score (nSPS) is 19.9. The van der Waals surface area contributed by atoms with Gasteiger partial charge in [-0.05, 0) is 59.5 Å². The molecule has 31 heavy (non-hydrogen) atoms. The van der Waals surface area contributed by atoms with Gasteiger partial charge in [-0.25, -0.2) is 4.98 Å². The van der Waals surface area contributed by atoms with Crippen LogP contribution in [0.15, 0.2) is 33.7 Å². The number of nitrogens with one attached hydrogen (secondary N) is 2. The predicted molar refractivity (Wildman–Crippen MR) is 134 cm³/mol. The molecule has 0 spiro atoms. The van der Waals surface area contributed by atoms with Crippen molar-refractivity contribution in [2.24, 2.45) is 11.8 Å². The van der Waals surface area contributed by atoms with Crippen molar-refractivity contribution in [2.75, 3.05) is 18.4 Å². The summed E-state index contributed by atoms with van der Waals surface area (Å²) in [5.41, 5.74) is 0.413. The van der Waals surface area contributed by atoms with Crippen LogP contribution in [0.3, 0.4) is 0 Å². The quantitative estimate of drug-likeness (QED) is 0.293. The Morgan fingerprint density at radius 2 is 2.19 bits per heavy atom. The average molecular weight is 599 g/mol. The van der Waals surface area contributed by atoms with Crippen LogP contribution in [0.5, 0.6) is 0 Å². The molecule has 2 atom stereocenters. The third-order valence-electron chi connectivity index (χ3n) is 5.69. The molecule has 0 amide bonds. The summed E-state index contributed by atoms with van der Waals surface area (Å²) >= 11 is 5.67. The number of benzene rings is 1. The first-order valence-corrected chi connectivity index (χ1v) is 12.2. The van der Waals surface area contributed by atoms with E-state index >= 15 is 0 Å². The summed E-state index contributed by atoms with van der Waals surface area (Å²) in [7, 11) is 0. The highest BCUT2D eigenvalue weighted by Crippen LogP contribution is 2.34. The lowest BCUT2D eigenvalue weighted by Gasteiger charge is -2.41. The van der Waals surface area contributed by atoms with E-state index in [1.165, 1.54) is 0 Å². The molecule has 3 aromatic rings. The van der Waals surface area contributed by atoms with Crippen LogP contribution in [-0.4, -0.2) is 45.2 Å². The van der Waals surface area contributed by atoms with E-state index in [0.717, 1.165) is 38.3 Å². The minimum Gasteiger partial charge on any atom is -0.481 e. The van der Waals surface area contributed by atoms with Gasteiger partial charge in [-0.15, -0.1) is 0 Å². The van der Waals surface area contributed by atoms with Crippen molar-refractivity contribution in [3.8, 4) is 0 Å². The molecule has 1 aromatic carbocycles. The molecule has 3 N–H and O–H groups in total. The molecule has 164 valence electrons. The maximum atomic E-state index is 12.7. The van der Waals surface area contributed by atoms with Gasteiger partial charge >= 0.3 is 5.97 Å². The van der Waals surface area contributed by atoms with Gasteiger partial charge in [-0.3, -0.25) is 14.5 Å². The Hall–Kier alpha value is -1.72. The van der Waals surface area contributed by atoms with E-state index in [4.69, 9.17) is 4.98 Å². The molecule has 7 nitrogen and oxygen atoms in total. The second-order valence-corrected chi connectivity index (χ2v) is 10.5. The number of hydrogen-bond acceptors (Lipinski definition) is 5. The fourth-order valence-corrected chi connectivity index (χ4v) is 5.30.